The molecule has 8 nitrogen and oxygen atoms in total. The van der Waals surface area contributed by atoms with Crippen LogP contribution in [0.3, 0.4) is 0 Å². The maximum Gasteiger partial charge on any atom is 0.494 e. The number of nitrogens with zero attached hydrogens (tertiary/aromatic N) is 4. The van der Waals surface area contributed by atoms with Gasteiger partial charge in [0.2, 0.25) is 0 Å². The third-order valence-corrected chi connectivity index (χ3v) is 5.55. The minimum Gasteiger partial charge on any atom is -0.399 e. The highest BCUT2D eigenvalue weighted by Gasteiger charge is 2.51. The summed E-state index contributed by atoms with van der Waals surface area (Å²) in [6, 6.07) is 6.00. The first kappa shape index (κ1) is 21.5. The number of hydrogen-bond donors (Lipinski definition) is 1. The first-order valence-electron chi connectivity index (χ1n) is 9.84. The maximum absolute atomic E-state index is 12.4. The normalized spacial score (nSPS) is 18.1. The van der Waals surface area contributed by atoms with Gasteiger partial charge in [0.25, 0.3) is 11.7 Å². The molecular formula is C20H30BN5O3. The van der Waals surface area contributed by atoms with Crippen molar-refractivity contribution >= 4 is 18.5 Å². The first-order valence-corrected chi connectivity index (χ1v) is 9.84. The van der Waals surface area contributed by atoms with E-state index in [9.17, 15) is 4.79 Å². The molecule has 0 aliphatic carbocycles. The molecule has 0 spiro atoms. The molecule has 0 unspecified atom stereocenters. The van der Waals surface area contributed by atoms with Crippen molar-refractivity contribution in [3.63, 3.8) is 0 Å². The lowest BCUT2D eigenvalue weighted by atomic mass is 9.78. The van der Waals surface area contributed by atoms with E-state index in [0.29, 0.717) is 6.54 Å². The zero-order valence-corrected chi connectivity index (χ0v) is 18.5. The molecule has 1 N–H and O–H groups in total. The van der Waals surface area contributed by atoms with Crippen LogP contribution >= 0.6 is 0 Å². The number of nitrogens with one attached hydrogen (secondary N) is 1. The van der Waals surface area contributed by atoms with E-state index in [0.717, 1.165) is 16.6 Å². The number of tetrazole rings is 1. The van der Waals surface area contributed by atoms with Crippen LogP contribution in [0.4, 0.5) is 0 Å². The van der Waals surface area contributed by atoms with Crippen molar-refractivity contribution in [2.45, 2.75) is 78.7 Å². The zero-order valence-electron chi connectivity index (χ0n) is 18.5. The predicted molar refractivity (Wildman–Crippen MR) is 111 cm³/mol. The summed E-state index contributed by atoms with van der Waals surface area (Å²) in [6.07, 6.45) is 0. The largest absolute Gasteiger partial charge is 0.494 e. The molecule has 1 fully saturated rings. The highest BCUT2D eigenvalue weighted by Crippen LogP contribution is 2.36. The Morgan fingerprint density at radius 3 is 2.31 bits per heavy atom. The van der Waals surface area contributed by atoms with E-state index in [1.165, 1.54) is 4.80 Å². The van der Waals surface area contributed by atoms with Gasteiger partial charge in [0, 0.05) is 6.54 Å². The summed E-state index contributed by atoms with van der Waals surface area (Å²) in [5.74, 6) is -0.290. The molecule has 2 heterocycles. The summed E-state index contributed by atoms with van der Waals surface area (Å²) in [6.45, 7) is 16.4. The van der Waals surface area contributed by atoms with Crippen LogP contribution in [0.2, 0.25) is 0 Å². The molecule has 1 aliphatic rings. The molecule has 0 bridgehead atoms. The van der Waals surface area contributed by atoms with Gasteiger partial charge in [0.05, 0.1) is 16.7 Å². The van der Waals surface area contributed by atoms with E-state index < -0.39 is 7.12 Å². The predicted octanol–water partition coefficient (Wildman–Crippen LogP) is 1.97. The standard InChI is InChI=1S/C20H30BN5O3/c1-13-11-15(21-28-19(5,6)20(7,8)29-21)10-9-14(13)12-22-17(27)16-23-25-26(24-16)18(2,3)4/h9-11H,12H2,1-8H3,(H,22,27). The van der Waals surface area contributed by atoms with Crippen LogP contribution in [-0.2, 0) is 21.4 Å². The smallest absolute Gasteiger partial charge is 0.399 e. The number of hydrogen-bond acceptors (Lipinski definition) is 6. The first-order chi connectivity index (χ1) is 13.3. The minimum absolute atomic E-state index is 0.0615. The van der Waals surface area contributed by atoms with Crippen LogP contribution in [0.5, 0.6) is 0 Å². The lowest BCUT2D eigenvalue weighted by Gasteiger charge is -2.32. The molecule has 29 heavy (non-hydrogen) atoms. The van der Waals surface area contributed by atoms with E-state index in [-0.39, 0.29) is 28.5 Å². The molecular weight excluding hydrogens is 369 g/mol. The third kappa shape index (κ3) is 4.35. The van der Waals surface area contributed by atoms with Crippen LogP contribution in [0.1, 0.15) is 70.2 Å². The molecule has 156 valence electrons. The lowest BCUT2D eigenvalue weighted by Crippen LogP contribution is -2.41. The fourth-order valence-corrected chi connectivity index (χ4v) is 2.89. The zero-order chi connectivity index (χ0) is 21.6. The Morgan fingerprint density at radius 2 is 1.79 bits per heavy atom. The topological polar surface area (TPSA) is 91.2 Å². The Morgan fingerprint density at radius 1 is 1.17 bits per heavy atom. The highest BCUT2D eigenvalue weighted by molar-refractivity contribution is 6.62. The molecule has 1 amide bonds. The quantitative estimate of drug-likeness (QED) is 0.791. The van der Waals surface area contributed by atoms with Gasteiger partial charge in [-0.2, -0.15) is 4.80 Å². The molecule has 0 saturated carbocycles. The van der Waals surface area contributed by atoms with Gasteiger partial charge in [0.1, 0.15) is 0 Å². The number of aromatic nitrogens is 4. The van der Waals surface area contributed by atoms with Gasteiger partial charge in [-0.1, -0.05) is 18.2 Å². The molecule has 1 saturated heterocycles. The van der Waals surface area contributed by atoms with Crippen molar-refractivity contribution in [1.29, 1.82) is 0 Å². The van der Waals surface area contributed by atoms with Crippen molar-refractivity contribution in [1.82, 2.24) is 25.5 Å². The average molecular weight is 399 g/mol. The molecule has 9 heteroatoms. The highest BCUT2D eigenvalue weighted by atomic mass is 16.7. The number of rotatable bonds is 4. The van der Waals surface area contributed by atoms with Gasteiger partial charge in [-0.15, -0.1) is 10.2 Å². The Kier molecular flexibility index (Phi) is 5.34. The summed E-state index contributed by atoms with van der Waals surface area (Å²) in [7, 11) is -0.404. The van der Waals surface area contributed by atoms with E-state index in [1.807, 2.05) is 73.6 Å². The molecule has 2 aromatic rings. The van der Waals surface area contributed by atoms with E-state index in [4.69, 9.17) is 9.31 Å². The molecule has 1 aliphatic heterocycles. The second-order valence-electron chi connectivity index (χ2n) is 9.53. The second-order valence-corrected chi connectivity index (χ2v) is 9.53. The SMILES string of the molecule is Cc1cc(B2OC(C)(C)C(C)(C)O2)ccc1CNC(=O)c1nnn(C(C)(C)C)n1. The number of carbonyl (C=O) groups excluding carboxylic acids is 1. The Balaban J connectivity index is 1.66. The van der Waals surface area contributed by atoms with Crippen LogP contribution in [0.15, 0.2) is 18.2 Å². The summed E-state index contributed by atoms with van der Waals surface area (Å²) in [5.41, 5.74) is 1.92. The van der Waals surface area contributed by atoms with E-state index >= 15 is 0 Å². The Labute approximate surface area is 172 Å². The van der Waals surface area contributed by atoms with Crippen molar-refractivity contribution < 1.29 is 14.1 Å². The van der Waals surface area contributed by atoms with Crippen molar-refractivity contribution in [2.24, 2.45) is 0 Å². The second kappa shape index (κ2) is 7.21. The summed E-state index contributed by atoms with van der Waals surface area (Å²) >= 11 is 0. The Bertz CT molecular complexity index is 901. The van der Waals surface area contributed by atoms with Gasteiger partial charge < -0.3 is 14.6 Å². The van der Waals surface area contributed by atoms with Crippen molar-refractivity contribution in [3.8, 4) is 0 Å². The molecule has 0 radical (unpaired) electrons. The van der Waals surface area contributed by atoms with Crippen molar-refractivity contribution in [2.75, 3.05) is 0 Å². The van der Waals surface area contributed by atoms with Gasteiger partial charge in [-0.05, 0) is 77.2 Å². The van der Waals surface area contributed by atoms with Crippen molar-refractivity contribution in [3.05, 3.63) is 35.2 Å². The molecule has 1 aromatic carbocycles. The molecule has 3 rings (SSSR count). The third-order valence-electron chi connectivity index (χ3n) is 5.55. The van der Waals surface area contributed by atoms with E-state index in [1.54, 1.807) is 0 Å². The van der Waals surface area contributed by atoms with Gasteiger partial charge >= 0.3 is 7.12 Å². The minimum atomic E-state index is -0.404. The summed E-state index contributed by atoms with van der Waals surface area (Å²) in [4.78, 5) is 13.8. The summed E-state index contributed by atoms with van der Waals surface area (Å²) in [5, 5.41) is 14.8. The van der Waals surface area contributed by atoms with Gasteiger partial charge in [-0.3, -0.25) is 4.79 Å². The van der Waals surface area contributed by atoms with Crippen LogP contribution < -0.4 is 10.8 Å². The van der Waals surface area contributed by atoms with E-state index in [2.05, 4.69) is 20.7 Å². The van der Waals surface area contributed by atoms with Crippen LogP contribution in [-0.4, -0.2) is 44.4 Å². The average Bonchev–Trinajstić information content (AvgIpc) is 3.16. The molecule has 0 atom stereocenters. The van der Waals surface area contributed by atoms with Gasteiger partial charge in [0.15, 0.2) is 0 Å². The number of benzene rings is 1. The number of amides is 1. The fourth-order valence-electron chi connectivity index (χ4n) is 2.89. The molecule has 1 aromatic heterocycles. The van der Waals surface area contributed by atoms with Crippen LogP contribution in [0.25, 0.3) is 0 Å². The fraction of sp³-hybridized carbons (Fsp3) is 0.600. The lowest BCUT2D eigenvalue weighted by molar-refractivity contribution is 0.00578. The summed E-state index contributed by atoms with van der Waals surface area (Å²) < 4.78 is 12.2. The van der Waals surface area contributed by atoms with Gasteiger partial charge in [-0.25, -0.2) is 0 Å². The maximum atomic E-state index is 12.4. The monoisotopic (exact) mass is 399 g/mol. The van der Waals surface area contributed by atoms with Crippen LogP contribution in [0, 0.1) is 6.92 Å². The number of aryl methyl sites for hydroxylation is 1. The Hall–Kier alpha value is -2.26. The number of carbonyl (C=O) groups is 1.